The largest absolute Gasteiger partial charge is 0.487 e. The maximum atomic E-state index is 12.2. The van der Waals surface area contributed by atoms with Gasteiger partial charge in [-0.15, -0.1) is 0 Å². The molecule has 5 heteroatoms. The molecule has 0 N–H and O–H groups in total. The molecule has 0 atom stereocenters. The summed E-state index contributed by atoms with van der Waals surface area (Å²) in [5.41, 5.74) is 2.97. The molecular formula is C21H30O5. The minimum atomic E-state index is -0.629. The second kappa shape index (κ2) is 6.93. The SMILES string of the molecule is Cc1c(C)c2c(c(C)c1OC(=O)CC(=O)OC(C)(C)C)CCC(C)(C)O2. The molecule has 1 aromatic rings. The van der Waals surface area contributed by atoms with Gasteiger partial charge in [0.1, 0.15) is 29.1 Å². The van der Waals surface area contributed by atoms with Crippen molar-refractivity contribution in [1.82, 2.24) is 0 Å². The van der Waals surface area contributed by atoms with E-state index in [0.29, 0.717) is 5.75 Å². The first-order valence-corrected chi connectivity index (χ1v) is 9.05. The molecule has 1 aliphatic heterocycles. The minimum Gasteiger partial charge on any atom is -0.487 e. The summed E-state index contributed by atoms with van der Waals surface area (Å²) in [5, 5.41) is 0. The van der Waals surface area contributed by atoms with E-state index in [1.165, 1.54) is 0 Å². The van der Waals surface area contributed by atoms with Gasteiger partial charge in [0, 0.05) is 5.56 Å². The summed E-state index contributed by atoms with van der Waals surface area (Å²) in [5.74, 6) is 0.223. The van der Waals surface area contributed by atoms with Crippen molar-refractivity contribution in [2.45, 2.75) is 85.9 Å². The van der Waals surface area contributed by atoms with Gasteiger partial charge in [0.25, 0.3) is 0 Å². The van der Waals surface area contributed by atoms with Crippen molar-refractivity contribution in [3.05, 3.63) is 22.3 Å². The van der Waals surface area contributed by atoms with Crippen molar-refractivity contribution < 1.29 is 23.8 Å². The van der Waals surface area contributed by atoms with E-state index in [1.54, 1.807) is 20.8 Å². The lowest BCUT2D eigenvalue weighted by molar-refractivity contribution is -0.158. The third kappa shape index (κ3) is 4.57. The number of esters is 2. The van der Waals surface area contributed by atoms with Crippen LogP contribution in [0.5, 0.6) is 11.5 Å². The topological polar surface area (TPSA) is 61.8 Å². The lowest BCUT2D eigenvalue weighted by Crippen LogP contribution is -2.33. The van der Waals surface area contributed by atoms with Gasteiger partial charge in [0.15, 0.2) is 0 Å². The molecule has 0 aromatic heterocycles. The maximum absolute atomic E-state index is 12.2. The van der Waals surface area contributed by atoms with Crippen LogP contribution in [0.2, 0.25) is 0 Å². The number of fused-ring (bicyclic) bond motifs is 1. The zero-order valence-electron chi connectivity index (χ0n) is 17.2. The highest BCUT2D eigenvalue weighted by molar-refractivity contribution is 5.92. The highest BCUT2D eigenvalue weighted by Gasteiger charge is 2.31. The van der Waals surface area contributed by atoms with Crippen LogP contribution in [-0.4, -0.2) is 23.1 Å². The summed E-state index contributed by atoms with van der Waals surface area (Å²) in [7, 11) is 0. The monoisotopic (exact) mass is 362 g/mol. The predicted octanol–water partition coefficient (Wildman–Crippen LogP) is 4.35. The van der Waals surface area contributed by atoms with E-state index in [9.17, 15) is 9.59 Å². The number of hydrogen-bond donors (Lipinski definition) is 0. The van der Waals surface area contributed by atoms with Crippen LogP contribution < -0.4 is 9.47 Å². The summed E-state index contributed by atoms with van der Waals surface area (Å²) < 4.78 is 16.9. The third-order valence-corrected chi connectivity index (χ3v) is 4.59. The van der Waals surface area contributed by atoms with Crippen molar-refractivity contribution in [3.63, 3.8) is 0 Å². The fraction of sp³-hybridized carbons (Fsp3) is 0.619. The number of carbonyl (C=O) groups excluding carboxylic acids is 2. The Balaban J connectivity index is 2.25. The molecular weight excluding hydrogens is 332 g/mol. The molecule has 1 aliphatic rings. The number of ether oxygens (including phenoxy) is 3. The molecule has 0 amide bonds. The van der Waals surface area contributed by atoms with Crippen molar-refractivity contribution in [2.75, 3.05) is 0 Å². The van der Waals surface area contributed by atoms with Crippen LogP contribution in [0.1, 0.15) is 69.7 Å². The molecule has 0 fully saturated rings. The summed E-state index contributed by atoms with van der Waals surface area (Å²) in [4.78, 5) is 24.1. The molecule has 1 aromatic carbocycles. The van der Waals surface area contributed by atoms with Gasteiger partial charge in [-0.3, -0.25) is 9.59 Å². The van der Waals surface area contributed by atoms with E-state index in [0.717, 1.165) is 40.8 Å². The predicted molar refractivity (Wildman–Crippen MR) is 99.8 cm³/mol. The molecule has 0 spiro atoms. The molecule has 0 saturated heterocycles. The minimum absolute atomic E-state index is 0.203. The van der Waals surface area contributed by atoms with Crippen molar-refractivity contribution in [2.24, 2.45) is 0 Å². The quantitative estimate of drug-likeness (QED) is 0.454. The Kier molecular flexibility index (Phi) is 5.41. The summed E-state index contributed by atoms with van der Waals surface area (Å²) in [6, 6.07) is 0. The lowest BCUT2D eigenvalue weighted by Gasteiger charge is -2.35. The standard InChI is InChI=1S/C21H30O5/c1-12-13(2)19-15(9-10-21(7,8)26-19)14(3)18(12)24-16(22)11-17(23)25-20(4,5)6/h9-11H2,1-8H3. The van der Waals surface area contributed by atoms with Crippen molar-refractivity contribution in [1.29, 1.82) is 0 Å². The molecule has 2 rings (SSSR count). The highest BCUT2D eigenvalue weighted by atomic mass is 16.6. The highest BCUT2D eigenvalue weighted by Crippen LogP contribution is 2.43. The third-order valence-electron chi connectivity index (χ3n) is 4.59. The Morgan fingerprint density at radius 2 is 1.65 bits per heavy atom. The van der Waals surface area contributed by atoms with Gasteiger partial charge >= 0.3 is 11.9 Å². The molecule has 0 saturated carbocycles. The van der Waals surface area contributed by atoms with Crippen LogP contribution in [0.3, 0.4) is 0 Å². The van der Waals surface area contributed by atoms with Crippen LogP contribution in [0.15, 0.2) is 0 Å². The number of carbonyl (C=O) groups is 2. The van der Waals surface area contributed by atoms with Gasteiger partial charge in [-0.2, -0.15) is 0 Å². The summed E-state index contributed by atoms with van der Waals surface area (Å²) in [6.45, 7) is 15.3. The zero-order chi connectivity index (χ0) is 19.9. The van der Waals surface area contributed by atoms with E-state index >= 15 is 0 Å². The van der Waals surface area contributed by atoms with Gasteiger partial charge in [-0.1, -0.05) is 0 Å². The molecule has 0 aliphatic carbocycles. The first-order chi connectivity index (χ1) is 11.8. The molecule has 1 heterocycles. The van der Waals surface area contributed by atoms with Gasteiger partial charge in [-0.25, -0.2) is 0 Å². The lowest BCUT2D eigenvalue weighted by atomic mass is 9.88. The molecule has 144 valence electrons. The molecule has 5 nitrogen and oxygen atoms in total. The fourth-order valence-electron chi connectivity index (χ4n) is 3.15. The molecule has 26 heavy (non-hydrogen) atoms. The number of hydrogen-bond acceptors (Lipinski definition) is 5. The van der Waals surface area contributed by atoms with Crippen LogP contribution in [0, 0.1) is 20.8 Å². The van der Waals surface area contributed by atoms with Crippen LogP contribution >= 0.6 is 0 Å². The second-order valence-electron chi connectivity index (χ2n) is 8.61. The zero-order valence-corrected chi connectivity index (χ0v) is 17.2. The average Bonchev–Trinajstić information content (AvgIpc) is 2.46. The van der Waals surface area contributed by atoms with E-state index in [1.807, 2.05) is 20.8 Å². The Bertz CT molecular complexity index is 738. The summed E-state index contributed by atoms with van der Waals surface area (Å²) in [6.07, 6.45) is 1.36. The number of rotatable bonds is 3. The van der Waals surface area contributed by atoms with Crippen molar-refractivity contribution >= 4 is 11.9 Å². The Morgan fingerprint density at radius 1 is 1.04 bits per heavy atom. The van der Waals surface area contributed by atoms with E-state index < -0.39 is 24.0 Å². The Morgan fingerprint density at radius 3 is 2.23 bits per heavy atom. The van der Waals surface area contributed by atoms with E-state index in [2.05, 4.69) is 13.8 Å². The maximum Gasteiger partial charge on any atom is 0.322 e. The van der Waals surface area contributed by atoms with Gasteiger partial charge in [0.05, 0.1) is 0 Å². The average molecular weight is 362 g/mol. The van der Waals surface area contributed by atoms with E-state index in [4.69, 9.17) is 14.2 Å². The summed E-state index contributed by atoms with van der Waals surface area (Å²) >= 11 is 0. The fourth-order valence-corrected chi connectivity index (χ4v) is 3.15. The first-order valence-electron chi connectivity index (χ1n) is 9.05. The first kappa shape index (κ1) is 20.3. The Labute approximate surface area is 156 Å². The van der Waals surface area contributed by atoms with E-state index in [-0.39, 0.29) is 5.60 Å². The second-order valence-corrected chi connectivity index (χ2v) is 8.61. The van der Waals surface area contributed by atoms with Crippen LogP contribution in [0.4, 0.5) is 0 Å². The van der Waals surface area contributed by atoms with Gasteiger partial charge < -0.3 is 14.2 Å². The number of benzene rings is 1. The molecule has 0 bridgehead atoms. The molecule has 0 radical (unpaired) electrons. The smallest absolute Gasteiger partial charge is 0.322 e. The van der Waals surface area contributed by atoms with Crippen molar-refractivity contribution in [3.8, 4) is 11.5 Å². The molecule has 0 unspecified atom stereocenters. The Hall–Kier alpha value is -2.04. The normalized spacial score (nSPS) is 15.7. The van der Waals surface area contributed by atoms with Gasteiger partial charge in [0.2, 0.25) is 0 Å². The van der Waals surface area contributed by atoms with Crippen LogP contribution in [0.25, 0.3) is 0 Å². The van der Waals surface area contributed by atoms with Gasteiger partial charge in [-0.05, 0) is 84.9 Å². The van der Waals surface area contributed by atoms with Crippen LogP contribution in [-0.2, 0) is 20.7 Å².